The Morgan fingerprint density at radius 1 is 1.56 bits per heavy atom. The molecule has 1 rings (SSSR count). The van der Waals surface area contributed by atoms with Crippen LogP contribution in [-0.4, -0.2) is 23.9 Å². The highest BCUT2D eigenvalue weighted by Gasteiger charge is 2.29. The second-order valence-corrected chi connectivity index (χ2v) is 5.23. The highest BCUT2D eigenvalue weighted by Crippen LogP contribution is 2.40. The molecule has 0 radical (unpaired) electrons. The molecule has 18 heavy (non-hydrogen) atoms. The minimum absolute atomic E-state index is 0.340. The first-order valence-electron chi connectivity index (χ1n) is 6.34. The van der Waals surface area contributed by atoms with Crippen LogP contribution in [0.4, 0.5) is 4.79 Å². The SMILES string of the molecule is C=CN(CCCC(C)CC1(C)C=C1)C(=O)NC=O. The molecule has 3 amide bonds. The van der Waals surface area contributed by atoms with Gasteiger partial charge in [-0.1, -0.05) is 32.6 Å². The molecule has 0 aromatic carbocycles. The Balaban J connectivity index is 2.20. The van der Waals surface area contributed by atoms with Crippen molar-refractivity contribution in [2.24, 2.45) is 11.3 Å². The van der Waals surface area contributed by atoms with Gasteiger partial charge in [-0.15, -0.1) is 0 Å². The van der Waals surface area contributed by atoms with E-state index in [2.05, 4.69) is 37.9 Å². The summed E-state index contributed by atoms with van der Waals surface area (Å²) in [4.78, 5) is 23.0. The van der Waals surface area contributed by atoms with Gasteiger partial charge in [0, 0.05) is 18.2 Å². The highest BCUT2D eigenvalue weighted by molar-refractivity contribution is 5.85. The quantitative estimate of drug-likeness (QED) is 0.532. The molecule has 4 nitrogen and oxygen atoms in total. The van der Waals surface area contributed by atoms with Gasteiger partial charge in [0.15, 0.2) is 0 Å². The molecule has 1 atom stereocenters. The third kappa shape index (κ3) is 4.73. The van der Waals surface area contributed by atoms with Gasteiger partial charge in [0.25, 0.3) is 0 Å². The molecule has 0 heterocycles. The summed E-state index contributed by atoms with van der Waals surface area (Å²) in [5.41, 5.74) is 0.340. The van der Waals surface area contributed by atoms with Crippen LogP contribution in [0.1, 0.15) is 33.1 Å². The van der Waals surface area contributed by atoms with Crippen molar-refractivity contribution in [3.63, 3.8) is 0 Å². The van der Waals surface area contributed by atoms with Crippen LogP contribution in [-0.2, 0) is 4.79 Å². The van der Waals surface area contributed by atoms with Gasteiger partial charge < -0.3 is 4.90 Å². The number of amides is 3. The predicted octanol–water partition coefficient (Wildman–Crippen LogP) is 2.68. The third-order valence-corrected chi connectivity index (χ3v) is 3.28. The van der Waals surface area contributed by atoms with E-state index in [9.17, 15) is 9.59 Å². The van der Waals surface area contributed by atoms with Gasteiger partial charge >= 0.3 is 6.03 Å². The number of carbonyl (C=O) groups is 2. The molecule has 0 aliphatic heterocycles. The molecule has 0 bridgehead atoms. The summed E-state index contributed by atoms with van der Waals surface area (Å²) >= 11 is 0. The molecule has 4 heteroatoms. The maximum Gasteiger partial charge on any atom is 0.327 e. The second kappa shape index (κ2) is 6.38. The molecule has 1 N–H and O–H groups in total. The van der Waals surface area contributed by atoms with Crippen LogP contribution < -0.4 is 5.32 Å². The maximum atomic E-state index is 11.4. The largest absolute Gasteiger partial charge is 0.327 e. The van der Waals surface area contributed by atoms with E-state index in [1.807, 2.05) is 0 Å². The van der Waals surface area contributed by atoms with Crippen molar-refractivity contribution in [2.75, 3.05) is 6.54 Å². The lowest BCUT2D eigenvalue weighted by Crippen LogP contribution is -2.36. The van der Waals surface area contributed by atoms with Gasteiger partial charge in [-0.05, 0) is 25.2 Å². The van der Waals surface area contributed by atoms with Crippen LogP contribution in [0.15, 0.2) is 24.9 Å². The predicted molar refractivity (Wildman–Crippen MR) is 71.8 cm³/mol. The first kappa shape index (κ1) is 14.5. The molecule has 0 aromatic heterocycles. The van der Waals surface area contributed by atoms with Gasteiger partial charge in [0.1, 0.15) is 0 Å². The lowest BCUT2D eigenvalue weighted by molar-refractivity contribution is -0.108. The van der Waals surface area contributed by atoms with Crippen molar-refractivity contribution >= 4 is 12.4 Å². The number of nitrogens with zero attached hydrogens (tertiary/aromatic N) is 1. The van der Waals surface area contributed by atoms with Gasteiger partial charge in [0.2, 0.25) is 6.41 Å². The zero-order valence-corrected chi connectivity index (χ0v) is 11.2. The molecule has 0 fully saturated rings. The van der Waals surface area contributed by atoms with Crippen molar-refractivity contribution in [3.8, 4) is 0 Å². The molecule has 0 saturated carbocycles. The Labute approximate surface area is 109 Å². The summed E-state index contributed by atoms with van der Waals surface area (Å²) in [6, 6.07) is -0.413. The van der Waals surface area contributed by atoms with Crippen molar-refractivity contribution in [1.82, 2.24) is 10.2 Å². The number of hydrogen-bond acceptors (Lipinski definition) is 2. The van der Waals surface area contributed by atoms with Crippen LogP contribution in [0, 0.1) is 11.3 Å². The van der Waals surface area contributed by atoms with Crippen LogP contribution in [0.2, 0.25) is 0 Å². The Hall–Kier alpha value is -1.58. The zero-order valence-electron chi connectivity index (χ0n) is 11.2. The van der Waals surface area contributed by atoms with Crippen molar-refractivity contribution in [2.45, 2.75) is 33.1 Å². The Morgan fingerprint density at radius 3 is 2.72 bits per heavy atom. The van der Waals surface area contributed by atoms with E-state index in [-0.39, 0.29) is 0 Å². The molecule has 1 aliphatic carbocycles. The molecule has 100 valence electrons. The van der Waals surface area contributed by atoms with Crippen LogP contribution in [0.5, 0.6) is 0 Å². The fourth-order valence-corrected chi connectivity index (χ4v) is 2.15. The van der Waals surface area contributed by atoms with Crippen LogP contribution in [0.3, 0.4) is 0 Å². The van der Waals surface area contributed by atoms with E-state index < -0.39 is 6.03 Å². The van der Waals surface area contributed by atoms with Gasteiger partial charge in [0.05, 0.1) is 0 Å². The number of imide groups is 1. The minimum Gasteiger partial charge on any atom is -0.301 e. The smallest absolute Gasteiger partial charge is 0.301 e. The molecule has 1 aliphatic rings. The van der Waals surface area contributed by atoms with Gasteiger partial charge in [-0.25, -0.2) is 4.79 Å². The van der Waals surface area contributed by atoms with E-state index in [4.69, 9.17) is 0 Å². The average Bonchev–Trinajstić information content (AvgIpc) is 3.02. The normalized spacial score (nSPS) is 16.8. The van der Waals surface area contributed by atoms with Crippen molar-refractivity contribution < 1.29 is 9.59 Å². The van der Waals surface area contributed by atoms with Crippen molar-refractivity contribution in [3.05, 3.63) is 24.9 Å². The second-order valence-electron chi connectivity index (χ2n) is 5.23. The number of nitrogens with one attached hydrogen (secondary N) is 1. The maximum absolute atomic E-state index is 11.4. The summed E-state index contributed by atoms with van der Waals surface area (Å²) in [7, 11) is 0. The van der Waals surface area contributed by atoms with E-state index in [1.165, 1.54) is 17.5 Å². The van der Waals surface area contributed by atoms with E-state index >= 15 is 0 Å². The monoisotopic (exact) mass is 250 g/mol. The molecule has 0 aromatic rings. The van der Waals surface area contributed by atoms with Gasteiger partial charge in [-0.2, -0.15) is 0 Å². The number of rotatable bonds is 8. The summed E-state index contributed by atoms with van der Waals surface area (Å²) in [5.74, 6) is 0.630. The third-order valence-electron chi connectivity index (χ3n) is 3.28. The Kier molecular flexibility index (Phi) is 5.13. The van der Waals surface area contributed by atoms with Crippen molar-refractivity contribution in [1.29, 1.82) is 0 Å². The standard InChI is InChI=1S/C14H22N2O2/c1-4-16(13(18)15-11-17)9-5-6-12(2)10-14(3)7-8-14/h4,7-8,11-12H,1,5-6,9-10H2,2-3H3,(H,15,17,18). The Bertz CT molecular complexity index is 344. The van der Waals surface area contributed by atoms with E-state index in [0.29, 0.717) is 24.3 Å². The first-order chi connectivity index (χ1) is 8.50. The summed E-state index contributed by atoms with van der Waals surface area (Å²) < 4.78 is 0. The summed E-state index contributed by atoms with van der Waals surface area (Å²) in [6.07, 6.45) is 9.45. The summed E-state index contributed by atoms with van der Waals surface area (Å²) in [6.45, 7) is 8.63. The number of allylic oxidation sites excluding steroid dienone is 2. The number of hydrogen-bond donors (Lipinski definition) is 1. The Morgan fingerprint density at radius 2 is 2.22 bits per heavy atom. The summed E-state index contributed by atoms with van der Waals surface area (Å²) in [5, 5.41) is 2.11. The minimum atomic E-state index is -0.413. The van der Waals surface area contributed by atoms with Gasteiger partial charge in [-0.3, -0.25) is 10.1 Å². The average molecular weight is 250 g/mol. The zero-order chi connectivity index (χ0) is 13.6. The lowest BCUT2D eigenvalue weighted by atomic mass is 9.90. The van der Waals surface area contributed by atoms with Crippen LogP contribution in [0.25, 0.3) is 0 Å². The molecule has 0 spiro atoms. The fourth-order valence-electron chi connectivity index (χ4n) is 2.15. The molecular formula is C14H22N2O2. The van der Waals surface area contributed by atoms with E-state index in [0.717, 1.165) is 12.8 Å². The number of carbonyl (C=O) groups excluding carboxylic acids is 2. The highest BCUT2D eigenvalue weighted by atomic mass is 16.2. The topological polar surface area (TPSA) is 49.4 Å². The first-order valence-corrected chi connectivity index (χ1v) is 6.34. The fraction of sp³-hybridized carbons (Fsp3) is 0.571. The molecule has 1 unspecified atom stereocenters. The molecule has 0 saturated heterocycles. The lowest BCUT2D eigenvalue weighted by Gasteiger charge is -2.20. The number of urea groups is 1. The van der Waals surface area contributed by atoms with Crippen LogP contribution >= 0.6 is 0 Å². The van der Waals surface area contributed by atoms with E-state index in [1.54, 1.807) is 0 Å². The molecular weight excluding hydrogens is 228 g/mol.